The lowest BCUT2D eigenvalue weighted by atomic mass is 9.81. The average molecular weight is 316 g/mol. The molecule has 0 radical (unpaired) electrons. The number of hydrogen-bond acceptors (Lipinski definition) is 4. The lowest BCUT2D eigenvalue weighted by Crippen LogP contribution is -2.33. The monoisotopic (exact) mass is 316 g/mol. The fraction of sp³-hybridized carbons (Fsp3) is 0.714. The van der Waals surface area contributed by atoms with Gasteiger partial charge >= 0.3 is 0 Å². The van der Waals surface area contributed by atoms with Gasteiger partial charge in [0.25, 0.3) is 0 Å². The van der Waals surface area contributed by atoms with Crippen LogP contribution < -0.4 is 10.0 Å². The minimum absolute atomic E-state index is 0.422. The van der Waals surface area contributed by atoms with Gasteiger partial charge in [-0.05, 0) is 42.3 Å². The van der Waals surface area contributed by atoms with E-state index >= 15 is 0 Å². The molecule has 0 bridgehead atoms. The van der Waals surface area contributed by atoms with E-state index in [1.54, 1.807) is 6.07 Å². The highest BCUT2D eigenvalue weighted by Crippen LogP contribution is 2.29. The summed E-state index contributed by atoms with van der Waals surface area (Å²) in [5.74, 6) is 1.10. The predicted octanol–water partition coefficient (Wildman–Crippen LogP) is 2.57. The number of rotatable bonds is 6. The summed E-state index contributed by atoms with van der Waals surface area (Å²) in [6.45, 7) is 3.50. The fourth-order valence-electron chi connectivity index (χ4n) is 2.78. The minimum atomic E-state index is -3.34. The summed E-state index contributed by atoms with van der Waals surface area (Å²) >= 11 is 1.29. The normalized spacial score (nSPS) is 23.9. The summed E-state index contributed by atoms with van der Waals surface area (Å²) in [6.07, 6.45) is 4.86. The molecule has 2 unspecified atom stereocenters. The second-order valence-corrected chi connectivity index (χ2v) is 8.58. The van der Waals surface area contributed by atoms with Crippen molar-refractivity contribution in [2.75, 3.05) is 13.6 Å². The zero-order valence-electron chi connectivity index (χ0n) is 12.2. The number of nitrogens with one attached hydrogen (secondary N) is 2. The van der Waals surface area contributed by atoms with Crippen molar-refractivity contribution < 1.29 is 8.42 Å². The van der Waals surface area contributed by atoms with Gasteiger partial charge in [-0.15, -0.1) is 11.3 Å². The molecule has 2 atom stereocenters. The van der Waals surface area contributed by atoms with Gasteiger partial charge in [0.1, 0.15) is 4.21 Å². The van der Waals surface area contributed by atoms with Crippen LogP contribution in [0.15, 0.2) is 15.7 Å². The standard InChI is InChI=1S/C14H24N2O2S2/c1-11-5-3-4-6-13(11)9-16-20(17,18)14-7-12(8-15-2)10-19-14/h7,10-11,13,15-16H,3-6,8-9H2,1-2H3. The van der Waals surface area contributed by atoms with Crippen LogP contribution in [0.1, 0.15) is 38.2 Å². The molecule has 0 saturated heterocycles. The first-order valence-corrected chi connectivity index (χ1v) is 9.61. The van der Waals surface area contributed by atoms with Crippen molar-refractivity contribution in [2.45, 2.75) is 43.4 Å². The maximum absolute atomic E-state index is 12.3. The van der Waals surface area contributed by atoms with Gasteiger partial charge in [0.15, 0.2) is 0 Å². The Balaban J connectivity index is 1.95. The Kier molecular flexibility index (Phi) is 5.60. The van der Waals surface area contributed by atoms with E-state index in [0.29, 0.717) is 29.1 Å². The first-order valence-electron chi connectivity index (χ1n) is 7.24. The van der Waals surface area contributed by atoms with Crippen LogP contribution in [-0.4, -0.2) is 22.0 Å². The molecule has 1 aliphatic carbocycles. The molecule has 2 N–H and O–H groups in total. The van der Waals surface area contributed by atoms with Gasteiger partial charge in [0.05, 0.1) is 0 Å². The molecule has 0 spiro atoms. The summed E-state index contributed by atoms with van der Waals surface area (Å²) in [5.41, 5.74) is 1.02. The molecule has 1 heterocycles. The van der Waals surface area contributed by atoms with E-state index in [-0.39, 0.29) is 0 Å². The molecule has 1 saturated carbocycles. The van der Waals surface area contributed by atoms with Gasteiger partial charge in [-0.25, -0.2) is 13.1 Å². The van der Waals surface area contributed by atoms with Crippen LogP contribution >= 0.6 is 11.3 Å². The van der Waals surface area contributed by atoms with Crippen LogP contribution in [0.4, 0.5) is 0 Å². The van der Waals surface area contributed by atoms with Crippen molar-refractivity contribution in [3.8, 4) is 0 Å². The van der Waals surface area contributed by atoms with Gasteiger partial charge in [0.2, 0.25) is 10.0 Å². The quantitative estimate of drug-likeness (QED) is 0.848. The zero-order chi connectivity index (χ0) is 14.6. The molecule has 0 aromatic carbocycles. The Morgan fingerprint density at radius 1 is 1.35 bits per heavy atom. The zero-order valence-corrected chi connectivity index (χ0v) is 13.8. The lowest BCUT2D eigenvalue weighted by molar-refractivity contribution is 0.257. The fourth-order valence-corrected chi connectivity index (χ4v) is 5.12. The first-order chi connectivity index (χ1) is 9.53. The Labute approximate surface area is 126 Å². The molecule has 1 aliphatic rings. The van der Waals surface area contributed by atoms with Crippen molar-refractivity contribution in [2.24, 2.45) is 11.8 Å². The Morgan fingerprint density at radius 3 is 2.80 bits per heavy atom. The van der Waals surface area contributed by atoms with Gasteiger partial charge in [0, 0.05) is 13.1 Å². The molecule has 6 heteroatoms. The van der Waals surface area contributed by atoms with Crippen LogP contribution in [0.25, 0.3) is 0 Å². The smallest absolute Gasteiger partial charge is 0.250 e. The Morgan fingerprint density at radius 2 is 2.10 bits per heavy atom. The molecule has 1 aromatic heterocycles. The molecule has 4 nitrogen and oxygen atoms in total. The van der Waals surface area contributed by atoms with Gasteiger partial charge in [-0.2, -0.15) is 0 Å². The molecule has 1 fully saturated rings. The second-order valence-electron chi connectivity index (χ2n) is 5.68. The maximum Gasteiger partial charge on any atom is 0.250 e. The van der Waals surface area contributed by atoms with Crippen molar-refractivity contribution >= 4 is 21.4 Å². The van der Waals surface area contributed by atoms with E-state index in [1.807, 2.05) is 12.4 Å². The maximum atomic E-state index is 12.3. The molecule has 0 aliphatic heterocycles. The third-order valence-corrected chi connectivity index (χ3v) is 7.01. The van der Waals surface area contributed by atoms with E-state index in [0.717, 1.165) is 12.0 Å². The third-order valence-electron chi connectivity index (χ3n) is 4.10. The summed E-state index contributed by atoms with van der Waals surface area (Å²) in [5, 5.41) is 4.93. The largest absolute Gasteiger partial charge is 0.316 e. The summed E-state index contributed by atoms with van der Waals surface area (Å²) in [6, 6.07) is 1.76. The van der Waals surface area contributed by atoms with Crippen LogP contribution in [-0.2, 0) is 16.6 Å². The van der Waals surface area contributed by atoms with Crippen molar-refractivity contribution in [1.29, 1.82) is 0 Å². The van der Waals surface area contributed by atoms with E-state index in [2.05, 4.69) is 17.0 Å². The molecular weight excluding hydrogens is 292 g/mol. The number of hydrogen-bond donors (Lipinski definition) is 2. The highest BCUT2D eigenvalue weighted by atomic mass is 32.2. The topological polar surface area (TPSA) is 58.2 Å². The summed E-state index contributed by atoms with van der Waals surface area (Å²) < 4.78 is 27.8. The third kappa shape index (κ3) is 4.04. The van der Waals surface area contributed by atoms with Crippen LogP contribution in [0.3, 0.4) is 0 Å². The van der Waals surface area contributed by atoms with Gasteiger partial charge in [-0.3, -0.25) is 0 Å². The van der Waals surface area contributed by atoms with Crippen LogP contribution in [0.5, 0.6) is 0 Å². The van der Waals surface area contributed by atoms with Crippen LogP contribution in [0.2, 0.25) is 0 Å². The lowest BCUT2D eigenvalue weighted by Gasteiger charge is -2.28. The molecule has 114 valence electrons. The SMILES string of the molecule is CNCc1csc(S(=O)(=O)NCC2CCCCC2C)c1. The van der Waals surface area contributed by atoms with E-state index < -0.39 is 10.0 Å². The van der Waals surface area contributed by atoms with Crippen LogP contribution in [0, 0.1) is 11.8 Å². The highest BCUT2D eigenvalue weighted by Gasteiger charge is 2.24. The molecule has 1 aromatic rings. The summed E-state index contributed by atoms with van der Waals surface area (Å²) in [7, 11) is -1.48. The van der Waals surface area contributed by atoms with E-state index in [1.165, 1.54) is 30.6 Å². The van der Waals surface area contributed by atoms with E-state index in [4.69, 9.17) is 0 Å². The van der Waals surface area contributed by atoms with Crippen molar-refractivity contribution in [3.63, 3.8) is 0 Å². The summed E-state index contributed by atoms with van der Waals surface area (Å²) in [4.78, 5) is 0. The molecule has 20 heavy (non-hydrogen) atoms. The van der Waals surface area contributed by atoms with Gasteiger partial charge < -0.3 is 5.32 Å². The molecule has 0 amide bonds. The highest BCUT2D eigenvalue weighted by molar-refractivity contribution is 7.91. The Hall–Kier alpha value is -0.430. The van der Waals surface area contributed by atoms with E-state index in [9.17, 15) is 8.42 Å². The number of sulfonamides is 1. The Bertz CT molecular complexity index is 525. The predicted molar refractivity (Wildman–Crippen MR) is 83.4 cm³/mol. The number of thiophene rings is 1. The van der Waals surface area contributed by atoms with Crippen molar-refractivity contribution in [3.05, 3.63) is 17.0 Å². The first kappa shape index (κ1) is 15.9. The van der Waals surface area contributed by atoms with Gasteiger partial charge in [-0.1, -0.05) is 26.2 Å². The molecular formula is C14H24N2O2S2. The molecule has 2 rings (SSSR count). The van der Waals surface area contributed by atoms with Crippen molar-refractivity contribution in [1.82, 2.24) is 10.0 Å². The minimum Gasteiger partial charge on any atom is -0.316 e. The second kappa shape index (κ2) is 7.02. The average Bonchev–Trinajstić information content (AvgIpc) is 2.88.